The van der Waals surface area contributed by atoms with Crippen LogP contribution >= 0.6 is 0 Å². The molecule has 0 aliphatic rings. The molecule has 0 aromatic carbocycles. The summed E-state index contributed by atoms with van der Waals surface area (Å²) in [6.07, 6.45) is 1.57. The third-order valence-electron chi connectivity index (χ3n) is 1.64. The minimum absolute atomic E-state index is 0.374. The molecule has 1 aromatic heterocycles. The lowest BCUT2D eigenvalue weighted by molar-refractivity contribution is 0.0592. The quantitative estimate of drug-likeness (QED) is 0.691. The van der Waals surface area contributed by atoms with Gasteiger partial charge in [-0.2, -0.15) is 0 Å². The topological polar surface area (TPSA) is 51.2 Å². The summed E-state index contributed by atoms with van der Waals surface area (Å²) in [7, 11) is 3.16. The van der Waals surface area contributed by atoms with Crippen molar-refractivity contribution in [2.45, 2.75) is 6.54 Å². The predicted octanol–water partition coefficient (Wildman–Crippen LogP) is 0.588. The number of ether oxygens (including phenoxy) is 1. The Morgan fingerprint density at radius 1 is 1.69 bits per heavy atom. The van der Waals surface area contributed by atoms with Crippen LogP contribution in [0.15, 0.2) is 18.3 Å². The molecule has 70 valence electrons. The van der Waals surface area contributed by atoms with Gasteiger partial charge < -0.3 is 10.1 Å². The molecule has 0 fully saturated rings. The first-order chi connectivity index (χ1) is 6.29. The highest BCUT2D eigenvalue weighted by molar-refractivity contribution is 5.88. The molecule has 1 heterocycles. The zero-order valence-corrected chi connectivity index (χ0v) is 7.70. The largest absolute Gasteiger partial charge is 0.464 e. The average Bonchev–Trinajstić information content (AvgIpc) is 2.18. The van der Waals surface area contributed by atoms with Gasteiger partial charge in [-0.1, -0.05) is 6.07 Å². The number of rotatable bonds is 3. The van der Waals surface area contributed by atoms with Gasteiger partial charge in [0.1, 0.15) is 0 Å². The lowest BCUT2D eigenvalue weighted by Crippen LogP contribution is -2.13. The summed E-state index contributed by atoms with van der Waals surface area (Å²) in [6, 6.07) is 3.63. The molecule has 0 spiro atoms. The number of hydrogen-bond acceptors (Lipinski definition) is 4. The predicted molar refractivity (Wildman–Crippen MR) is 48.3 cm³/mol. The van der Waals surface area contributed by atoms with Gasteiger partial charge in [-0.3, -0.25) is 0 Å². The molecule has 0 aliphatic heterocycles. The van der Waals surface area contributed by atoms with Gasteiger partial charge in [0, 0.05) is 12.7 Å². The molecule has 0 bridgehead atoms. The van der Waals surface area contributed by atoms with Crippen molar-refractivity contribution in [1.82, 2.24) is 10.3 Å². The van der Waals surface area contributed by atoms with Crippen molar-refractivity contribution in [3.8, 4) is 0 Å². The summed E-state index contributed by atoms with van der Waals surface area (Å²) in [5.41, 5.74) is 1.22. The fourth-order valence-electron chi connectivity index (χ4n) is 1.05. The van der Waals surface area contributed by atoms with Crippen LogP contribution in [0.5, 0.6) is 0 Å². The lowest BCUT2D eigenvalue weighted by Gasteiger charge is -2.04. The number of carbonyl (C=O) groups is 1. The highest BCUT2D eigenvalue weighted by Crippen LogP contribution is 2.05. The molecule has 0 radical (unpaired) electrons. The van der Waals surface area contributed by atoms with Crippen LogP contribution in [0.1, 0.15) is 16.1 Å². The van der Waals surface area contributed by atoms with Crippen molar-refractivity contribution >= 4 is 5.97 Å². The SMILES string of the molecule is CNCc1cccnc1C(=O)OC. The van der Waals surface area contributed by atoms with Crippen LogP contribution in [-0.2, 0) is 11.3 Å². The van der Waals surface area contributed by atoms with Gasteiger partial charge in [0.2, 0.25) is 0 Å². The standard InChI is InChI=1S/C9H12N2O2/c1-10-6-7-4-3-5-11-8(7)9(12)13-2/h3-5,10H,6H2,1-2H3. The molecule has 1 N–H and O–H groups in total. The van der Waals surface area contributed by atoms with E-state index in [-0.39, 0.29) is 0 Å². The second-order valence-electron chi connectivity index (χ2n) is 2.53. The van der Waals surface area contributed by atoms with E-state index in [0.29, 0.717) is 12.2 Å². The van der Waals surface area contributed by atoms with Gasteiger partial charge in [-0.15, -0.1) is 0 Å². The normalized spacial score (nSPS) is 9.69. The van der Waals surface area contributed by atoms with Crippen molar-refractivity contribution in [3.05, 3.63) is 29.6 Å². The van der Waals surface area contributed by atoms with E-state index in [0.717, 1.165) is 5.56 Å². The number of pyridine rings is 1. The number of nitrogens with one attached hydrogen (secondary N) is 1. The molecule has 4 heteroatoms. The van der Waals surface area contributed by atoms with Crippen LogP contribution < -0.4 is 5.32 Å². The maximum atomic E-state index is 11.2. The first-order valence-corrected chi connectivity index (χ1v) is 3.96. The van der Waals surface area contributed by atoms with Crippen molar-refractivity contribution in [1.29, 1.82) is 0 Å². The molecule has 0 unspecified atom stereocenters. The fraction of sp³-hybridized carbons (Fsp3) is 0.333. The smallest absolute Gasteiger partial charge is 0.356 e. The van der Waals surface area contributed by atoms with E-state index in [4.69, 9.17) is 0 Å². The summed E-state index contributed by atoms with van der Waals surface area (Å²) in [5, 5.41) is 2.96. The summed E-state index contributed by atoms with van der Waals surface area (Å²) in [4.78, 5) is 15.2. The average molecular weight is 180 g/mol. The van der Waals surface area contributed by atoms with Crippen LogP contribution in [0.2, 0.25) is 0 Å². The number of nitrogens with zero attached hydrogens (tertiary/aromatic N) is 1. The summed E-state index contributed by atoms with van der Waals surface area (Å²) >= 11 is 0. The maximum Gasteiger partial charge on any atom is 0.356 e. The highest BCUT2D eigenvalue weighted by Gasteiger charge is 2.11. The molecule has 0 aliphatic carbocycles. The number of esters is 1. The van der Waals surface area contributed by atoms with E-state index in [1.807, 2.05) is 13.1 Å². The fourth-order valence-corrected chi connectivity index (χ4v) is 1.05. The van der Waals surface area contributed by atoms with Crippen LogP contribution in [0.3, 0.4) is 0 Å². The molecule has 0 amide bonds. The van der Waals surface area contributed by atoms with E-state index in [2.05, 4.69) is 15.0 Å². The number of aromatic nitrogens is 1. The summed E-state index contributed by atoms with van der Waals surface area (Å²) in [5.74, 6) is -0.397. The Bertz CT molecular complexity index is 299. The second kappa shape index (κ2) is 4.57. The van der Waals surface area contributed by atoms with E-state index in [1.54, 1.807) is 12.3 Å². The van der Waals surface area contributed by atoms with Crippen LogP contribution in [0.4, 0.5) is 0 Å². The molecule has 13 heavy (non-hydrogen) atoms. The van der Waals surface area contributed by atoms with Crippen molar-refractivity contribution in [2.75, 3.05) is 14.2 Å². The third-order valence-corrected chi connectivity index (χ3v) is 1.64. The zero-order chi connectivity index (χ0) is 9.68. The summed E-state index contributed by atoms with van der Waals surface area (Å²) < 4.78 is 4.59. The number of hydrogen-bond donors (Lipinski definition) is 1. The first-order valence-electron chi connectivity index (χ1n) is 3.96. The van der Waals surface area contributed by atoms with Crippen LogP contribution in [0, 0.1) is 0 Å². The number of carbonyl (C=O) groups excluding carboxylic acids is 1. The van der Waals surface area contributed by atoms with E-state index >= 15 is 0 Å². The molecule has 0 saturated carbocycles. The van der Waals surface area contributed by atoms with Gasteiger partial charge >= 0.3 is 5.97 Å². The van der Waals surface area contributed by atoms with E-state index < -0.39 is 5.97 Å². The van der Waals surface area contributed by atoms with E-state index in [9.17, 15) is 4.79 Å². The van der Waals surface area contributed by atoms with Crippen molar-refractivity contribution in [2.24, 2.45) is 0 Å². The Morgan fingerprint density at radius 3 is 3.08 bits per heavy atom. The molecule has 4 nitrogen and oxygen atoms in total. The minimum Gasteiger partial charge on any atom is -0.464 e. The van der Waals surface area contributed by atoms with E-state index in [1.165, 1.54) is 7.11 Å². The van der Waals surface area contributed by atoms with Crippen molar-refractivity contribution in [3.63, 3.8) is 0 Å². The monoisotopic (exact) mass is 180 g/mol. The Kier molecular flexibility index (Phi) is 3.40. The minimum atomic E-state index is -0.397. The van der Waals surface area contributed by atoms with Crippen LogP contribution in [-0.4, -0.2) is 25.1 Å². The lowest BCUT2D eigenvalue weighted by atomic mass is 10.2. The Morgan fingerprint density at radius 2 is 2.46 bits per heavy atom. The van der Waals surface area contributed by atoms with Gasteiger partial charge in [0.05, 0.1) is 7.11 Å². The Labute approximate surface area is 76.9 Å². The van der Waals surface area contributed by atoms with Gasteiger partial charge in [0.15, 0.2) is 5.69 Å². The molecular weight excluding hydrogens is 168 g/mol. The highest BCUT2D eigenvalue weighted by atomic mass is 16.5. The molecular formula is C9H12N2O2. The Balaban J connectivity index is 2.97. The number of methoxy groups -OCH3 is 1. The zero-order valence-electron chi connectivity index (χ0n) is 7.70. The molecule has 1 rings (SSSR count). The summed E-state index contributed by atoms with van der Waals surface area (Å²) in [6.45, 7) is 0.609. The maximum absolute atomic E-state index is 11.2. The molecule has 0 atom stereocenters. The third kappa shape index (κ3) is 2.26. The first kappa shape index (κ1) is 9.67. The van der Waals surface area contributed by atoms with Gasteiger partial charge in [-0.05, 0) is 18.7 Å². The van der Waals surface area contributed by atoms with Crippen LogP contribution in [0.25, 0.3) is 0 Å². The molecule has 0 saturated heterocycles. The van der Waals surface area contributed by atoms with Gasteiger partial charge in [0.25, 0.3) is 0 Å². The second-order valence-corrected chi connectivity index (χ2v) is 2.53. The Hall–Kier alpha value is -1.42. The van der Waals surface area contributed by atoms with Gasteiger partial charge in [-0.25, -0.2) is 9.78 Å². The van der Waals surface area contributed by atoms with Crippen molar-refractivity contribution < 1.29 is 9.53 Å². The molecule has 1 aromatic rings.